The van der Waals surface area contributed by atoms with Crippen LogP contribution in [0.3, 0.4) is 0 Å². The van der Waals surface area contributed by atoms with Crippen LogP contribution in [0.1, 0.15) is 32.8 Å². The first-order chi connectivity index (χ1) is 7.54. The minimum Gasteiger partial charge on any atom is -0.493 e. The van der Waals surface area contributed by atoms with Crippen LogP contribution < -0.4 is 10.6 Å². The SMILES string of the molecule is CC(C)(C)c1cccc(OCCCON)c1. The first-order valence-corrected chi connectivity index (χ1v) is 5.59. The summed E-state index contributed by atoms with van der Waals surface area (Å²) in [5.74, 6) is 5.84. The van der Waals surface area contributed by atoms with Crippen LogP contribution in [0.4, 0.5) is 0 Å². The summed E-state index contributed by atoms with van der Waals surface area (Å²) in [6, 6.07) is 8.20. The normalized spacial score (nSPS) is 11.5. The molecule has 1 aromatic rings. The van der Waals surface area contributed by atoms with Gasteiger partial charge < -0.3 is 9.57 Å². The summed E-state index contributed by atoms with van der Waals surface area (Å²) < 4.78 is 5.61. The highest BCUT2D eigenvalue weighted by Crippen LogP contribution is 2.25. The van der Waals surface area contributed by atoms with Gasteiger partial charge in [0, 0.05) is 6.42 Å². The van der Waals surface area contributed by atoms with Crippen LogP contribution in [0.15, 0.2) is 24.3 Å². The maximum atomic E-state index is 5.61. The van der Waals surface area contributed by atoms with Gasteiger partial charge in [0.2, 0.25) is 0 Å². The molecular formula is C13H21NO2. The smallest absolute Gasteiger partial charge is 0.119 e. The lowest BCUT2D eigenvalue weighted by Gasteiger charge is -2.19. The van der Waals surface area contributed by atoms with Gasteiger partial charge in [-0.2, -0.15) is 0 Å². The van der Waals surface area contributed by atoms with E-state index in [0.29, 0.717) is 13.2 Å². The molecule has 0 bridgehead atoms. The lowest BCUT2D eigenvalue weighted by atomic mass is 9.87. The summed E-state index contributed by atoms with van der Waals surface area (Å²) in [5.41, 5.74) is 1.43. The summed E-state index contributed by atoms with van der Waals surface area (Å²) in [6.07, 6.45) is 0.802. The molecule has 1 aromatic carbocycles. The Morgan fingerprint density at radius 2 is 1.94 bits per heavy atom. The van der Waals surface area contributed by atoms with E-state index in [9.17, 15) is 0 Å². The van der Waals surface area contributed by atoms with Crippen LogP contribution in [0.25, 0.3) is 0 Å². The Kier molecular flexibility index (Phi) is 4.77. The Hall–Kier alpha value is -1.06. The largest absolute Gasteiger partial charge is 0.493 e. The predicted molar refractivity (Wildman–Crippen MR) is 65.4 cm³/mol. The molecule has 0 heterocycles. The molecule has 0 unspecified atom stereocenters. The first kappa shape index (κ1) is 13.0. The topological polar surface area (TPSA) is 44.5 Å². The zero-order valence-electron chi connectivity index (χ0n) is 10.3. The maximum absolute atomic E-state index is 5.61. The number of hydrogen-bond acceptors (Lipinski definition) is 3. The number of rotatable bonds is 5. The van der Waals surface area contributed by atoms with Crippen molar-refractivity contribution in [2.45, 2.75) is 32.6 Å². The average molecular weight is 223 g/mol. The van der Waals surface area contributed by atoms with Gasteiger partial charge in [0.1, 0.15) is 5.75 Å². The number of benzene rings is 1. The van der Waals surface area contributed by atoms with Crippen molar-refractivity contribution >= 4 is 0 Å². The molecule has 0 fully saturated rings. The Morgan fingerprint density at radius 1 is 1.19 bits per heavy atom. The van der Waals surface area contributed by atoms with Crippen LogP contribution in [0, 0.1) is 0 Å². The third-order valence-electron chi connectivity index (χ3n) is 2.38. The maximum Gasteiger partial charge on any atom is 0.119 e. The standard InChI is InChI=1S/C13H21NO2/c1-13(2,3)11-6-4-7-12(10-11)15-8-5-9-16-14/h4,6-7,10H,5,8-9,14H2,1-3H3. The van der Waals surface area contributed by atoms with Crippen molar-refractivity contribution in [1.29, 1.82) is 0 Å². The van der Waals surface area contributed by atoms with E-state index in [1.54, 1.807) is 0 Å². The van der Waals surface area contributed by atoms with E-state index in [4.69, 9.17) is 10.6 Å². The second-order valence-corrected chi connectivity index (χ2v) is 4.85. The summed E-state index contributed by atoms with van der Waals surface area (Å²) in [4.78, 5) is 4.48. The molecule has 16 heavy (non-hydrogen) atoms. The molecule has 2 N–H and O–H groups in total. The van der Waals surface area contributed by atoms with Crippen molar-refractivity contribution in [1.82, 2.24) is 0 Å². The molecule has 1 rings (SSSR count). The number of nitrogens with two attached hydrogens (primary N) is 1. The second-order valence-electron chi connectivity index (χ2n) is 4.85. The summed E-state index contributed by atoms with van der Waals surface area (Å²) in [6.45, 7) is 7.72. The average Bonchev–Trinajstić information content (AvgIpc) is 2.24. The fourth-order valence-corrected chi connectivity index (χ4v) is 1.38. The molecule has 0 amide bonds. The van der Waals surface area contributed by atoms with E-state index in [-0.39, 0.29) is 5.41 Å². The van der Waals surface area contributed by atoms with Crippen LogP contribution >= 0.6 is 0 Å². The van der Waals surface area contributed by atoms with Gasteiger partial charge in [0.15, 0.2) is 0 Å². The first-order valence-electron chi connectivity index (χ1n) is 5.59. The van der Waals surface area contributed by atoms with Crippen LogP contribution in [-0.2, 0) is 10.3 Å². The van der Waals surface area contributed by atoms with Gasteiger partial charge in [0.05, 0.1) is 13.2 Å². The Morgan fingerprint density at radius 3 is 2.56 bits per heavy atom. The Labute approximate surface area is 97.5 Å². The van der Waals surface area contributed by atoms with Crippen molar-refractivity contribution in [3.8, 4) is 5.75 Å². The molecule has 0 aliphatic rings. The van der Waals surface area contributed by atoms with E-state index in [1.807, 2.05) is 12.1 Å². The summed E-state index contributed by atoms with van der Waals surface area (Å²) >= 11 is 0. The highest BCUT2D eigenvalue weighted by molar-refractivity contribution is 5.32. The highest BCUT2D eigenvalue weighted by atomic mass is 16.6. The summed E-state index contributed by atoms with van der Waals surface area (Å²) in [7, 11) is 0. The van der Waals surface area contributed by atoms with Crippen molar-refractivity contribution in [3.63, 3.8) is 0 Å². The van der Waals surface area contributed by atoms with E-state index >= 15 is 0 Å². The zero-order chi connectivity index (χ0) is 12.0. The molecule has 0 aliphatic carbocycles. The molecule has 0 aromatic heterocycles. The molecule has 0 radical (unpaired) electrons. The van der Waals surface area contributed by atoms with E-state index in [2.05, 4.69) is 37.7 Å². The van der Waals surface area contributed by atoms with Crippen molar-refractivity contribution in [2.75, 3.05) is 13.2 Å². The van der Waals surface area contributed by atoms with Gasteiger partial charge >= 0.3 is 0 Å². The minimum absolute atomic E-state index is 0.153. The second kappa shape index (κ2) is 5.87. The fourth-order valence-electron chi connectivity index (χ4n) is 1.38. The monoisotopic (exact) mass is 223 g/mol. The van der Waals surface area contributed by atoms with Crippen molar-refractivity contribution < 1.29 is 9.57 Å². The zero-order valence-corrected chi connectivity index (χ0v) is 10.3. The van der Waals surface area contributed by atoms with Gasteiger partial charge in [-0.15, -0.1) is 0 Å². The minimum atomic E-state index is 0.153. The van der Waals surface area contributed by atoms with Crippen molar-refractivity contribution in [3.05, 3.63) is 29.8 Å². The van der Waals surface area contributed by atoms with Crippen molar-refractivity contribution in [2.24, 2.45) is 5.90 Å². The highest BCUT2D eigenvalue weighted by Gasteiger charge is 2.13. The molecule has 0 saturated carbocycles. The lowest BCUT2D eigenvalue weighted by molar-refractivity contribution is 0.122. The predicted octanol–water partition coefficient (Wildman–Crippen LogP) is 2.64. The lowest BCUT2D eigenvalue weighted by Crippen LogP contribution is -2.11. The third-order valence-corrected chi connectivity index (χ3v) is 2.38. The number of hydrogen-bond donors (Lipinski definition) is 1. The molecule has 3 heteroatoms. The molecule has 0 atom stereocenters. The van der Waals surface area contributed by atoms with Gasteiger partial charge in [0.25, 0.3) is 0 Å². The number of ether oxygens (including phenoxy) is 1. The van der Waals surface area contributed by atoms with Crippen LogP contribution in [-0.4, -0.2) is 13.2 Å². The fraction of sp³-hybridized carbons (Fsp3) is 0.538. The molecule has 3 nitrogen and oxygen atoms in total. The van der Waals surface area contributed by atoms with Gasteiger partial charge in [-0.1, -0.05) is 32.9 Å². The van der Waals surface area contributed by atoms with E-state index in [1.165, 1.54) is 5.56 Å². The Balaban J connectivity index is 2.54. The Bertz CT molecular complexity index is 318. The molecule has 0 aliphatic heterocycles. The third kappa shape index (κ3) is 4.21. The molecule has 90 valence electrons. The molecular weight excluding hydrogens is 202 g/mol. The van der Waals surface area contributed by atoms with E-state index < -0.39 is 0 Å². The van der Waals surface area contributed by atoms with E-state index in [0.717, 1.165) is 12.2 Å². The summed E-state index contributed by atoms with van der Waals surface area (Å²) in [5, 5.41) is 0. The van der Waals surface area contributed by atoms with Crippen LogP contribution in [0.5, 0.6) is 5.75 Å². The van der Waals surface area contributed by atoms with Crippen LogP contribution in [0.2, 0.25) is 0 Å². The van der Waals surface area contributed by atoms with Gasteiger partial charge in [-0.25, -0.2) is 5.90 Å². The molecule has 0 spiro atoms. The quantitative estimate of drug-likeness (QED) is 0.616. The van der Waals surface area contributed by atoms with Gasteiger partial charge in [-0.05, 0) is 23.1 Å². The molecule has 0 saturated heterocycles. The van der Waals surface area contributed by atoms with Gasteiger partial charge in [-0.3, -0.25) is 0 Å².